The molecule has 1 aliphatic carbocycles. The Balaban J connectivity index is 2.12. The van der Waals surface area contributed by atoms with E-state index in [2.05, 4.69) is 23.6 Å². The van der Waals surface area contributed by atoms with E-state index in [0.29, 0.717) is 12.5 Å². The van der Waals surface area contributed by atoms with Gasteiger partial charge in [0.25, 0.3) is 10.0 Å². The van der Waals surface area contributed by atoms with E-state index >= 15 is 0 Å². The first-order valence-corrected chi connectivity index (χ1v) is 7.46. The predicted molar refractivity (Wildman–Crippen MR) is 65.9 cm³/mol. The van der Waals surface area contributed by atoms with E-state index in [0.717, 1.165) is 18.9 Å². The molecule has 1 aromatic rings. The second-order valence-electron chi connectivity index (χ2n) is 5.13. The summed E-state index contributed by atoms with van der Waals surface area (Å²) in [6.45, 7) is 4.49. The second-order valence-corrected chi connectivity index (χ2v) is 6.81. The summed E-state index contributed by atoms with van der Waals surface area (Å²) < 4.78 is 39.7. The molecule has 1 saturated carbocycles. The average Bonchev–Trinajstić information content (AvgIpc) is 3.08. The first-order valence-electron chi connectivity index (χ1n) is 5.98. The third kappa shape index (κ3) is 2.54. The number of hydrogen-bond donors (Lipinski definition) is 1. The molecule has 0 spiro atoms. The molecule has 100 valence electrons. The Hall–Kier alpha value is -1.01. The smallest absolute Gasteiger partial charge is 0.241 e. The van der Waals surface area contributed by atoms with Gasteiger partial charge < -0.3 is 0 Å². The largest absolute Gasteiger partial charge is 0.261 e. The van der Waals surface area contributed by atoms with Crippen molar-refractivity contribution >= 4 is 10.0 Å². The third-order valence-corrected chi connectivity index (χ3v) is 5.04. The fourth-order valence-corrected chi connectivity index (χ4v) is 3.13. The van der Waals surface area contributed by atoms with Crippen LogP contribution in [0.1, 0.15) is 26.7 Å². The highest BCUT2D eigenvalue weighted by molar-refractivity contribution is 7.89. The van der Waals surface area contributed by atoms with Crippen LogP contribution in [0, 0.1) is 17.2 Å². The van der Waals surface area contributed by atoms with Gasteiger partial charge in [-0.3, -0.25) is 0 Å². The van der Waals surface area contributed by atoms with E-state index < -0.39 is 20.9 Å². The molecule has 2 rings (SSSR count). The van der Waals surface area contributed by atoms with Gasteiger partial charge in [0.15, 0.2) is 5.82 Å². The van der Waals surface area contributed by atoms with Crippen molar-refractivity contribution in [3.05, 3.63) is 24.1 Å². The molecule has 18 heavy (non-hydrogen) atoms. The number of pyridine rings is 1. The van der Waals surface area contributed by atoms with Crippen LogP contribution in [0.25, 0.3) is 0 Å². The van der Waals surface area contributed by atoms with Crippen LogP contribution < -0.4 is 4.72 Å². The summed E-state index contributed by atoms with van der Waals surface area (Å²) in [7, 11) is -3.85. The zero-order valence-corrected chi connectivity index (χ0v) is 11.3. The lowest BCUT2D eigenvalue weighted by atomic mass is 9.93. The third-order valence-electron chi connectivity index (χ3n) is 3.71. The Morgan fingerprint density at radius 3 is 2.67 bits per heavy atom. The van der Waals surface area contributed by atoms with E-state index in [9.17, 15) is 12.8 Å². The maximum absolute atomic E-state index is 13.4. The van der Waals surface area contributed by atoms with E-state index in [1.807, 2.05) is 0 Å². The van der Waals surface area contributed by atoms with Crippen molar-refractivity contribution in [2.45, 2.75) is 31.7 Å². The second kappa shape index (κ2) is 4.59. The van der Waals surface area contributed by atoms with Crippen LogP contribution in [-0.2, 0) is 10.0 Å². The normalized spacial score (nSPS) is 18.0. The van der Waals surface area contributed by atoms with Crippen LogP contribution in [0.15, 0.2) is 23.4 Å². The van der Waals surface area contributed by atoms with Crippen LogP contribution in [0.3, 0.4) is 0 Å². The summed E-state index contributed by atoms with van der Waals surface area (Å²) in [5.41, 5.74) is 0.0400. The maximum atomic E-state index is 13.4. The molecule has 1 N–H and O–H groups in total. The van der Waals surface area contributed by atoms with Gasteiger partial charge in [-0.15, -0.1) is 0 Å². The highest BCUT2D eigenvalue weighted by Crippen LogP contribution is 2.51. The van der Waals surface area contributed by atoms with Gasteiger partial charge in [0.2, 0.25) is 5.03 Å². The van der Waals surface area contributed by atoms with Gasteiger partial charge in [-0.25, -0.2) is 22.5 Å². The quantitative estimate of drug-likeness (QED) is 0.891. The first-order chi connectivity index (χ1) is 8.37. The van der Waals surface area contributed by atoms with Gasteiger partial charge in [0.05, 0.1) is 0 Å². The number of aromatic nitrogens is 1. The Labute approximate surface area is 107 Å². The number of nitrogens with one attached hydrogen (secondary N) is 1. The molecule has 0 atom stereocenters. The van der Waals surface area contributed by atoms with Gasteiger partial charge >= 0.3 is 0 Å². The summed E-state index contributed by atoms with van der Waals surface area (Å²) >= 11 is 0. The van der Waals surface area contributed by atoms with Crippen LogP contribution >= 0.6 is 0 Å². The Morgan fingerprint density at radius 2 is 2.17 bits per heavy atom. The summed E-state index contributed by atoms with van der Waals surface area (Å²) in [4.78, 5) is 3.59. The fourth-order valence-electron chi connectivity index (χ4n) is 1.99. The molecule has 0 radical (unpaired) electrons. The molecule has 0 saturated heterocycles. The average molecular weight is 272 g/mol. The topological polar surface area (TPSA) is 59.1 Å². The molecule has 1 heterocycles. The molecule has 0 aromatic carbocycles. The molecule has 0 aliphatic heterocycles. The number of rotatable bonds is 5. The van der Waals surface area contributed by atoms with Crippen LogP contribution in [-0.4, -0.2) is 19.9 Å². The number of hydrogen-bond acceptors (Lipinski definition) is 3. The molecule has 1 aliphatic rings. The Morgan fingerprint density at radius 1 is 1.50 bits per heavy atom. The Bertz CT molecular complexity index is 539. The van der Waals surface area contributed by atoms with Crippen LogP contribution in [0.4, 0.5) is 4.39 Å². The number of halogens is 1. The molecule has 0 unspecified atom stereocenters. The SMILES string of the molecule is CC(C)C1(CNS(=O)(=O)c2ncccc2F)CC1. The summed E-state index contributed by atoms with van der Waals surface area (Å²) in [6.07, 6.45) is 3.29. The minimum Gasteiger partial charge on any atom is -0.241 e. The van der Waals surface area contributed by atoms with Crippen molar-refractivity contribution in [2.24, 2.45) is 11.3 Å². The monoisotopic (exact) mass is 272 g/mol. The molecule has 0 amide bonds. The molecular formula is C12H17FN2O2S. The molecule has 1 fully saturated rings. The zero-order valence-electron chi connectivity index (χ0n) is 10.5. The standard InChI is InChI=1S/C12H17FN2O2S/c1-9(2)12(5-6-12)8-15-18(16,17)11-10(13)4-3-7-14-11/h3-4,7,9,15H,5-6,8H2,1-2H3. The van der Waals surface area contributed by atoms with Crippen molar-refractivity contribution in [3.63, 3.8) is 0 Å². The Kier molecular flexibility index (Phi) is 3.42. The van der Waals surface area contributed by atoms with E-state index in [-0.39, 0.29) is 5.41 Å². The molecular weight excluding hydrogens is 255 g/mol. The van der Waals surface area contributed by atoms with E-state index in [4.69, 9.17) is 0 Å². The van der Waals surface area contributed by atoms with Gasteiger partial charge in [-0.05, 0) is 36.3 Å². The molecule has 1 aromatic heterocycles. The van der Waals surface area contributed by atoms with Gasteiger partial charge in [-0.1, -0.05) is 13.8 Å². The maximum Gasteiger partial charge on any atom is 0.261 e. The summed E-state index contributed by atoms with van der Waals surface area (Å²) in [5, 5.41) is -0.524. The highest BCUT2D eigenvalue weighted by Gasteiger charge is 2.45. The fraction of sp³-hybridized carbons (Fsp3) is 0.583. The van der Waals surface area contributed by atoms with Crippen molar-refractivity contribution in [2.75, 3.05) is 6.54 Å². The lowest BCUT2D eigenvalue weighted by Crippen LogP contribution is -2.33. The van der Waals surface area contributed by atoms with Crippen LogP contribution in [0.2, 0.25) is 0 Å². The number of sulfonamides is 1. The molecule has 6 heteroatoms. The minimum absolute atomic E-state index is 0.0400. The van der Waals surface area contributed by atoms with Crippen molar-refractivity contribution < 1.29 is 12.8 Å². The van der Waals surface area contributed by atoms with Crippen LogP contribution in [0.5, 0.6) is 0 Å². The molecule has 0 bridgehead atoms. The summed E-state index contributed by atoms with van der Waals surface area (Å²) in [6, 6.07) is 2.46. The first kappa shape index (κ1) is 13.4. The van der Waals surface area contributed by atoms with Gasteiger partial charge in [0.1, 0.15) is 0 Å². The zero-order chi connectivity index (χ0) is 13.4. The highest BCUT2D eigenvalue weighted by atomic mass is 32.2. The lowest BCUT2D eigenvalue weighted by molar-refractivity contribution is 0.357. The van der Waals surface area contributed by atoms with E-state index in [1.165, 1.54) is 12.3 Å². The lowest BCUT2D eigenvalue weighted by Gasteiger charge is -2.19. The van der Waals surface area contributed by atoms with E-state index in [1.54, 1.807) is 0 Å². The predicted octanol–water partition coefficient (Wildman–Crippen LogP) is 1.94. The van der Waals surface area contributed by atoms with Gasteiger partial charge in [-0.2, -0.15) is 0 Å². The van der Waals surface area contributed by atoms with Crippen molar-refractivity contribution in [1.82, 2.24) is 9.71 Å². The summed E-state index contributed by atoms with van der Waals surface area (Å²) in [5.74, 6) is -0.409. The minimum atomic E-state index is -3.85. The van der Waals surface area contributed by atoms with Crippen molar-refractivity contribution in [3.8, 4) is 0 Å². The van der Waals surface area contributed by atoms with Gasteiger partial charge in [0, 0.05) is 12.7 Å². The molecule has 4 nitrogen and oxygen atoms in total. The number of nitrogens with zero attached hydrogens (tertiary/aromatic N) is 1. The van der Waals surface area contributed by atoms with Crippen molar-refractivity contribution in [1.29, 1.82) is 0 Å².